The van der Waals surface area contributed by atoms with Crippen molar-refractivity contribution in [2.75, 3.05) is 0 Å². The smallest absolute Gasteiger partial charge is 0.159 e. The molecule has 42 heavy (non-hydrogen) atoms. The molecule has 0 spiro atoms. The maximum Gasteiger partial charge on any atom is 0.159 e. The van der Waals surface area contributed by atoms with Gasteiger partial charge < -0.3 is 4.57 Å². The highest BCUT2D eigenvalue weighted by Gasteiger charge is 2.19. The monoisotopic (exact) mass is 539 g/mol. The first-order chi connectivity index (χ1) is 20.7. The van der Waals surface area contributed by atoms with E-state index in [-0.39, 0.29) is 0 Å². The van der Waals surface area contributed by atoms with Gasteiger partial charge in [-0.05, 0) is 75.0 Å². The molecule has 0 aliphatic carbocycles. The van der Waals surface area contributed by atoms with Gasteiger partial charge in [-0.1, -0.05) is 103 Å². The Hall–Kier alpha value is -5.28. The maximum absolute atomic E-state index is 4.93. The van der Waals surface area contributed by atoms with Crippen molar-refractivity contribution in [1.29, 1.82) is 0 Å². The molecule has 0 fully saturated rings. The molecule has 0 saturated heterocycles. The van der Waals surface area contributed by atoms with E-state index in [2.05, 4.69) is 134 Å². The van der Waals surface area contributed by atoms with Gasteiger partial charge in [0.2, 0.25) is 0 Å². The zero-order valence-electron chi connectivity index (χ0n) is 23.7. The molecule has 0 saturated carbocycles. The van der Waals surface area contributed by atoms with Gasteiger partial charge in [-0.2, -0.15) is 0 Å². The minimum absolute atomic E-state index is 0.748. The molecule has 0 radical (unpaired) electrons. The van der Waals surface area contributed by atoms with Crippen molar-refractivity contribution in [3.8, 4) is 33.8 Å². The van der Waals surface area contributed by atoms with E-state index in [1.165, 1.54) is 60.0 Å². The standard InChI is InChI=1S/C39H29N3/c1-3-42-36-19-11-18-34(37(36)25(2)38(42)26-12-5-4-6-13-26)39-40-23-28(24-41-39)27-20-21-33-31-16-8-7-14-29(31)30-15-9-10-17-32(30)35(33)22-27/h4-24H,3H2,1-2H3. The van der Waals surface area contributed by atoms with Crippen molar-refractivity contribution in [3.05, 3.63) is 133 Å². The first-order valence-electron chi connectivity index (χ1n) is 14.6. The predicted molar refractivity (Wildman–Crippen MR) is 177 cm³/mol. The van der Waals surface area contributed by atoms with Crippen LogP contribution in [0.1, 0.15) is 12.5 Å². The maximum atomic E-state index is 4.93. The molecule has 3 heteroatoms. The fraction of sp³-hybridized carbons (Fsp3) is 0.0769. The highest BCUT2D eigenvalue weighted by atomic mass is 15.0. The Morgan fingerprint density at radius 2 is 1.14 bits per heavy atom. The summed E-state index contributed by atoms with van der Waals surface area (Å²) in [5.74, 6) is 0.748. The van der Waals surface area contributed by atoms with Crippen LogP contribution < -0.4 is 0 Å². The number of aromatic nitrogens is 3. The van der Waals surface area contributed by atoms with Crippen molar-refractivity contribution in [3.63, 3.8) is 0 Å². The molecule has 0 atom stereocenters. The Balaban J connectivity index is 1.26. The molecule has 2 heterocycles. The highest BCUT2D eigenvalue weighted by molar-refractivity contribution is 6.25. The van der Waals surface area contributed by atoms with E-state index in [0.29, 0.717) is 0 Å². The molecule has 0 aliphatic heterocycles. The Morgan fingerprint density at radius 1 is 0.548 bits per heavy atom. The average molecular weight is 540 g/mol. The minimum atomic E-state index is 0.748. The number of nitrogens with zero attached hydrogens (tertiary/aromatic N) is 3. The minimum Gasteiger partial charge on any atom is -0.341 e. The van der Waals surface area contributed by atoms with Gasteiger partial charge in [0, 0.05) is 41.0 Å². The van der Waals surface area contributed by atoms with Gasteiger partial charge in [-0.25, -0.2) is 9.97 Å². The molecular formula is C39H29N3. The van der Waals surface area contributed by atoms with Gasteiger partial charge >= 0.3 is 0 Å². The summed E-state index contributed by atoms with van der Waals surface area (Å²) in [6.45, 7) is 5.32. The van der Waals surface area contributed by atoms with E-state index in [1.807, 2.05) is 12.4 Å². The summed E-state index contributed by atoms with van der Waals surface area (Å²) < 4.78 is 2.40. The summed E-state index contributed by atoms with van der Waals surface area (Å²) in [5, 5.41) is 8.85. The SMILES string of the molecule is CCn1c(-c2ccccc2)c(C)c2c(-c3ncc(-c4ccc5c6ccccc6c6ccccc6c5c4)cn3)cccc21. The van der Waals surface area contributed by atoms with Crippen LogP contribution in [0, 0.1) is 6.92 Å². The van der Waals surface area contributed by atoms with Gasteiger partial charge in [-0.15, -0.1) is 0 Å². The highest BCUT2D eigenvalue weighted by Crippen LogP contribution is 2.39. The Kier molecular flexibility index (Phi) is 5.65. The third kappa shape index (κ3) is 3.67. The summed E-state index contributed by atoms with van der Waals surface area (Å²) >= 11 is 0. The lowest BCUT2D eigenvalue weighted by molar-refractivity contribution is 0.803. The Bertz CT molecular complexity index is 2240. The van der Waals surface area contributed by atoms with Crippen LogP contribution in [0.3, 0.4) is 0 Å². The molecular weight excluding hydrogens is 510 g/mol. The average Bonchev–Trinajstić information content (AvgIpc) is 3.36. The summed E-state index contributed by atoms with van der Waals surface area (Å²) in [4.78, 5) is 9.85. The van der Waals surface area contributed by atoms with E-state index in [4.69, 9.17) is 9.97 Å². The summed E-state index contributed by atoms with van der Waals surface area (Å²) in [6, 6.07) is 41.2. The van der Waals surface area contributed by atoms with Crippen LogP contribution in [-0.2, 0) is 6.54 Å². The quantitative estimate of drug-likeness (QED) is 0.208. The topological polar surface area (TPSA) is 30.7 Å². The third-order valence-corrected chi connectivity index (χ3v) is 8.67. The zero-order chi connectivity index (χ0) is 28.2. The van der Waals surface area contributed by atoms with Crippen LogP contribution in [0.25, 0.3) is 77.0 Å². The number of hydrogen-bond donors (Lipinski definition) is 0. The van der Waals surface area contributed by atoms with Crippen molar-refractivity contribution in [2.45, 2.75) is 20.4 Å². The lowest BCUT2D eigenvalue weighted by atomic mass is 9.92. The number of rotatable bonds is 4. The molecule has 3 nitrogen and oxygen atoms in total. The number of fused-ring (bicyclic) bond motifs is 7. The molecule has 6 aromatic carbocycles. The number of aryl methyl sites for hydroxylation is 2. The van der Waals surface area contributed by atoms with E-state index >= 15 is 0 Å². The van der Waals surface area contributed by atoms with Gasteiger partial charge in [0.15, 0.2) is 5.82 Å². The van der Waals surface area contributed by atoms with Crippen molar-refractivity contribution in [2.24, 2.45) is 0 Å². The molecule has 8 rings (SSSR count). The van der Waals surface area contributed by atoms with E-state index < -0.39 is 0 Å². The van der Waals surface area contributed by atoms with E-state index in [0.717, 1.165) is 29.1 Å². The van der Waals surface area contributed by atoms with E-state index in [1.54, 1.807) is 0 Å². The van der Waals surface area contributed by atoms with Gasteiger partial charge in [-0.3, -0.25) is 0 Å². The van der Waals surface area contributed by atoms with Crippen LogP contribution >= 0.6 is 0 Å². The molecule has 0 amide bonds. The number of benzene rings is 6. The molecule has 2 aromatic heterocycles. The second-order valence-corrected chi connectivity index (χ2v) is 10.9. The fourth-order valence-electron chi connectivity index (χ4n) is 6.79. The largest absolute Gasteiger partial charge is 0.341 e. The molecule has 0 N–H and O–H groups in total. The van der Waals surface area contributed by atoms with Gasteiger partial charge in [0.05, 0.1) is 5.69 Å². The lowest BCUT2D eigenvalue weighted by Crippen LogP contribution is -1.97. The number of hydrogen-bond acceptors (Lipinski definition) is 2. The Morgan fingerprint density at radius 3 is 1.79 bits per heavy atom. The molecule has 0 bridgehead atoms. The van der Waals surface area contributed by atoms with Crippen LogP contribution in [0.4, 0.5) is 0 Å². The zero-order valence-corrected chi connectivity index (χ0v) is 23.7. The summed E-state index contributed by atoms with van der Waals surface area (Å²) in [7, 11) is 0. The normalized spacial score (nSPS) is 11.7. The summed E-state index contributed by atoms with van der Waals surface area (Å²) in [5.41, 5.74) is 8.16. The second-order valence-electron chi connectivity index (χ2n) is 10.9. The van der Waals surface area contributed by atoms with Gasteiger partial charge in [0.1, 0.15) is 0 Å². The van der Waals surface area contributed by atoms with Gasteiger partial charge in [0.25, 0.3) is 0 Å². The fourth-order valence-corrected chi connectivity index (χ4v) is 6.79. The first-order valence-corrected chi connectivity index (χ1v) is 14.6. The predicted octanol–water partition coefficient (Wildman–Crippen LogP) is 10.2. The Labute approximate surface area is 244 Å². The van der Waals surface area contributed by atoms with Crippen molar-refractivity contribution >= 4 is 43.2 Å². The van der Waals surface area contributed by atoms with Crippen LogP contribution in [0.15, 0.2) is 128 Å². The van der Waals surface area contributed by atoms with Crippen LogP contribution in [0.5, 0.6) is 0 Å². The molecule has 0 unspecified atom stereocenters. The van der Waals surface area contributed by atoms with Crippen LogP contribution in [0.2, 0.25) is 0 Å². The van der Waals surface area contributed by atoms with Crippen molar-refractivity contribution in [1.82, 2.24) is 14.5 Å². The first kappa shape index (κ1) is 24.5. The van der Waals surface area contributed by atoms with E-state index in [9.17, 15) is 0 Å². The summed E-state index contributed by atoms with van der Waals surface area (Å²) in [6.07, 6.45) is 3.94. The molecule has 8 aromatic rings. The molecule has 200 valence electrons. The van der Waals surface area contributed by atoms with Crippen LogP contribution in [-0.4, -0.2) is 14.5 Å². The van der Waals surface area contributed by atoms with Crippen molar-refractivity contribution < 1.29 is 0 Å². The second kappa shape index (κ2) is 9.67. The third-order valence-electron chi connectivity index (χ3n) is 8.67. The molecule has 0 aliphatic rings. The lowest BCUT2D eigenvalue weighted by Gasteiger charge is -2.12.